The number of carbonyl (C=O) groups is 2. The summed E-state index contributed by atoms with van der Waals surface area (Å²) < 4.78 is 48.0. The molecule has 1 fully saturated rings. The molecule has 1 saturated heterocycles. The number of aliphatic imine (C=N–C) groups is 1. The highest BCUT2D eigenvalue weighted by atomic mass is 32.2. The quantitative estimate of drug-likeness (QED) is 0.152. The Morgan fingerprint density at radius 3 is 2.40 bits per heavy atom. The van der Waals surface area contributed by atoms with Crippen molar-refractivity contribution in [2.45, 2.75) is 39.5 Å². The van der Waals surface area contributed by atoms with Crippen LogP contribution in [-0.4, -0.2) is 56.8 Å². The maximum Gasteiger partial charge on any atom is 0.573 e. The van der Waals surface area contributed by atoms with Gasteiger partial charge in [-0.25, -0.2) is 19.9 Å². The van der Waals surface area contributed by atoms with Crippen molar-refractivity contribution < 1.29 is 32.2 Å². The third kappa shape index (κ3) is 7.98. The minimum absolute atomic E-state index is 0.112. The SMILES string of the molecule is CC/C(=N\NC(=O)/N=C1\SCC(=O)N1c1cc(OC)ccc1C(C)C)c1ccc(-c2ncn(-c3ccc(OC(F)(F)F)cc3)n2)cc1. The van der Waals surface area contributed by atoms with E-state index >= 15 is 0 Å². The van der Waals surface area contributed by atoms with Crippen molar-refractivity contribution in [3.8, 4) is 28.6 Å². The Hall–Kier alpha value is -5.18. The number of amides is 3. The highest BCUT2D eigenvalue weighted by Gasteiger charge is 2.33. The molecular formula is C32H30F3N7O4S. The molecule has 1 N–H and O–H groups in total. The number of aromatic nitrogens is 3. The highest BCUT2D eigenvalue weighted by molar-refractivity contribution is 8.15. The van der Waals surface area contributed by atoms with E-state index in [9.17, 15) is 22.8 Å². The second kappa shape index (κ2) is 14.1. The normalized spacial score (nSPS) is 14.6. The summed E-state index contributed by atoms with van der Waals surface area (Å²) in [6.07, 6.45) is -2.82. The topological polar surface area (TPSA) is 123 Å². The molecule has 0 unspecified atom stereocenters. The standard InChI is InChI=1S/C32H30F3N7O4S/c1-5-26(38-39-30(44)37-31-42(28(43)17-47-31)27-16-24(45-4)14-15-25(27)19(2)3)20-6-8-21(9-7-20)29-36-18-41(40-29)22-10-12-23(13-11-22)46-32(33,34)35/h6-16,18-19H,5,17H2,1-4H3,(H,39,44)/b37-31-,38-26+. The van der Waals surface area contributed by atoms with E-state index in [2.05, 4.69) is 30.3 Å². The minimum Gasteiger partial charge on any atom is -0.497 e. The number of alkyl halides is 3. The van der Waals surface area contributed by atoms with Gasteiger partial charge in [-0.15, -0.1) is 18.3 Å². The molecule has 1 aliphatic heterocycles. The van der Waals surface area contributed by atoms with Crippen molar-refractivity contribution in [3.63, 3.8) is 0 Å². The summed E-state index contributed by atoms with van der Waals surface area (Å²) in [5.41, 5.74) is 6.54. The number of nitrogens with zero attached hydrogens (tertiary/aromatic N) is 6. The van der Waals surface area contributed by atoms with E-state index in [1.54, 1.807) is 25.3 Å². The number of urea groups is 1. The number of hydrogen-bond donors (Lipinski definition) is 1. The molecule has 0 atom stereocenters. The van der Waals surface area contributed by atoms with E-state index < -0.39 is 12.4 Å². The third-order valence-electron chi connectivity index (χ3n) is 6.99. The summed E-state index contributed by atoms with van der Waals surface area (Å²) in [5, 5.41) is 8.95. The average Bonchev–Trinajstić information content (AvgIpc) is 3.68. The summed E-state index contributed by atoms with van der Waals surface area (Å²) in [5.74, 6) is 0.711. The van der Waals surface area contributed by atoms with Gasteiger partial charge in [-0.2, -0.15) is 10.1 Å². The average molecular weight is 666 g/mol. The lowest BCUT2D eigenvalue weighted by atomic mass is 10.00. The van der Waals surface area contributed by atoms with Gasteiger partial charge in [0, 0.05) is 11.6 Å². The number of hydrogen-bond acceptors (Lipinski definition) is 8. The Labute approximate surface area is 272 Å². The number of thioether (sulfide) groups is 1. The van der Waals surface area contributed by atoms with Crippen LogP contribution in [0.5, 0.6) is 11.5 Å². The summed E-state index contributed by atoms with van der Waals surface area (Å²) in [7, 11) is 1.55. The molecule has 11 nitrogen and oxygen atoms in total. The van der Waals surface area contributed by atoms with E-state index in [1.165, 1.54) is 51.9 Å². The molecule has 244 valence electrons. The molecule has 0 aliphatic carbocycles. The molecule has 0 radical (unpaired) electrons. The van der Waals surface area contributed by atoms with Crippen LogP contribution in [0.4, 0.5) is 23.7 Å². The first-order valence-electron chi connectivity index (χ1n) is 14.4. The maximum absolute atomic E-state index is 12.9. The molecule has 5 rings (SSSR count). The van der Waals surface area contributed by atoms with E-state index in [0.717, 1.165) is 11.1 Å². The first-order chi connectivity index (χ1) is 22.5. The zero-order valence-electron chi connectivity index (χ0n) is 25.8. The van der Waals surface area contributed by atoms with Crippen LogP contribution in [0.15, 0.2) is 83.2 Å². The largest absolute Gasteiger partial charge is 0.573 e. The van der Waals surface area contributed by atoms with E-state index in [-0.39, 0.29) is 28.5 Å². The van der Waals surface area contributed by atoms with E-state index in [1.807, 2.05) is 45.0 Å². The van der Waals surface area contributed by atoms with Gasteiger partial charge in [-0.3, -0.25) is 9.69 Å². The maximum atomic E-state index is 12.9. The first kappa shape index (κ1) is 33.2. The molecule has 0 spiro atoms. The lowest BCUT2D eigenvalue weighted by molar-refractivity contribution is -0.274. The highest BCUT2D eigenvalue weighted by Crippen LogP contribution is 2.36. The van der Waals surface area contributed by atoms with Gasteiger partial charge < -0.3 is 9.47 Å². The molecule has 1 aromatic heterocycles. The smallest absolute Gasteiger partial charge is 0.497 e. The Balaban J connectivity index is 1.28. The van der Waals surface area contributed by atoms with Crippen LogP contribution < -0.4 is 19.8 Å². The number of hydrazone groups is 1. The molecule has 3 amide bonds. The van der Waals surface area contributed by atoms with E-state index in [4.69, 9.17) is 4.74 Å². The molecular weight excluding hydrogens is 635 g/mol. The summed E-state index contributed by atoms with van der Waals surface area (Å²) in [6, 6.07) is 17.2. The number of benzene rings is 3. The van der Waals surface area contributed by atoms with Crippen molar-refractivity contribution in [2.24, 2.45) is 10.1 Å². The van der Waals surface area contributed by atoms with Gasteiger partial charge in [-0.05, 0) is 53.8 Å². The number of nitrogens with one attached hydrogen (secondary N) is 1. The Morgan fingerprint density at radius 2 is 1.77 bits per heavy atom. The van der Waals surface area contributed by atoms with Gasteiger partial charge in [0.25, 0.3) is 0 Å². The van der Waals surface area contributed by atoms with Crippen molar-refractivity contribution >= 4 is 40.3 Å². The second-order valence-corrected chi connectivity index (χ2v) is 11.4. The van der Waals surface area contributed by atoms with Crippen LogP contribution >= 0.6 is 11.8 Å². The Morgan fingerprint density at radius 1 is 1.06 bits per heavy atom. The van der Waals surface area contributed by atoms with Crippen molar-refractivity contribution in [3.05, 3.63) is 84.2 Å². The summed E-state index contributed by atoms with van der Waals surface area (Å²) in [4.78, 5) is 35.6. The van der Waals surface area contributed by atoms with Crippen molar-refractivity contribution in [1.29, 1.82) is 0 Å². The number of halogens is 3. The molecule has 15 heteroatoms. The molecule has 3 aromatic carbocycles. The number of carbonyl (C=O) groups excluding carboxylic acids is 2. The van der Waals surface area contributed by atoms with Gasteiger partial charge in [0.15, 0.2) is 11.0 Å². The number of ether oxygens (including phenoxy) is 2. The lowest BCUT2D eigenvalue weighted by Crippen LogP contribution is -2.31. The first-order valence-corrected chi connectivity index (χ1v) is 15.4. The molecule has 2 heterocycles. The fraction of sp³-hybridized carbons (Fsp3) is 0.250. The fourth-order valence-electron chi connectivity index (χ4n) is 4.72. The van der Waals surface area contributed by atoms with Crippen LogP contribution in [0.25, 0.3) is 17.1 Å². The van der Waals surface area contributed by atoms with Crippen molar-refractivity contribution in [2.75, 3.05) is 17.8 Å². The molecule has 1 aliphatic rings. The predicted molar refractivity (Wildman–Crippen MR) is 173 cm³/mol. The van der Waals surface area contributed by atoms with Crippen LogP contribution in [0.2, 0.25) is 0 Å². The predicted octanol–water partition coefficient (Wildman–Crippen LogP) is 6.92. The monoisotopic (exact) mass is 665 g/mol. The Kier molecular flexibility index (Phi) is 9.94. The summed E-state index contributed by atoms with van der Waals surface area (Å²) in [6.45, 7) is 5.92. The van der Waals surface area contributed by atoms with Gasteiger partial charge in [-0.1, -0.05) is 62.9 Å². The lowest BCUT2D eigenvalue weighted by Gasteiger charge is -2.22. The molecule has 47 heavy (non-hydrogen) atoms. The van der Waals surface area contributed by atoms with Gasteiger partial charge in [0.05, 0.1) is 29.9 Å². The number of anilines is 1. The van der Waals surface area contributed by atoms with E-state index in [0.29, 0.717) is 40.6 Å². The van der Waals surface area contributed by atoms with Crippen molar-refractivity contribution in [1.82, 2.24) is 20.2 Å². The number of rotatable bonds is 9. The van der Waals surface area contributed by atoms with Crippen LogP contribution in [0.1, 0.15) is 44.2 Å². The van der Waals surface area contributed by atoms with Crippen LogP contribution in [0.3, 0.4) is 0 Å². The zero-order valence-corrected chi connectivity index (χ0v) is 26.6. The minimum atomic E-state index is -4.77. The summed E-state index contributed by atoms with van der Waals surface area (Å²) >= 11 is 1.17. The van der Waals surface area contributed by atoms with Crippen LogP contribution in [-0.2, 0) is 4.79 Å². The molecule has 0 bridgehead atoms. The Bertz CT molecular complexity index is 1820. The van der Waals surface area contributed by atoms with Gasteiger partial charge >= 0.3 is 12.4 Å². The van der Waals surface area contributed by atoms with Gasteiger partial charge in [0.1, 0.15) is 17.8 Å². The van der Waals surface area contributed by atoms with Crippen LogP contribution in [0, 0.1) is 0 Å². The molecule has 4 aromatic rings. The fourth-order valence-corrected chi connectivity index (χ4v) is 5.58. The number of amidine groups is 1. The second-order valence-electron chi connectivity index (χ2n) is 10.5. The zero-order chi connectivity index (χ0) is 33.7. The number of methoxy groups -OCH3 is 1. The molecule has 0 saturated carbocycles. The third-order valence-corrected chi connectivity index (χ3v) is 7.91. The van der Waals surface area contributed by atoms with Gasteiger partial charge in [0.2, 0.25) is 5.91 Å².